The van der Waals surface area contributed by atoms with Gasteiger partial charge in [0.05, 0.1) is 10.9 Å². The molecule has 7 heteroatoms. The number of ether oxygens (including phenoxy) is 1. The van der Waals surface area contributed by atoms with Gasteiger partial charge in [0, 0.05) is 0 Å². The Kier molecular flexibility index (Phi) is 4.17. The number of halogens is 4. The molecule has 0 saturated heterocycles. The lowest BCUT2D eigenvalue weighted by Crippen LogP contribution is -2.06. The van der Waals surface area contributed by atoms with E-state index in [1.165, 1.54) is 0 Å². The summed E-state index contributed by atoms with van der Waals surface area (Å²) in [6.07, 6.45) is -0.468. The van der Waals surface area contributed by atoms with E-state index in [2.05, 4.69) is 20.7 Å². The first-order valence-corrected chi connectivity index (χ1v) is 4.84. The fourth-order valence-electron chi connectivity index (χ4n) is 1.08. The Morgan fingerprint density at radius 3 is 2.62 bits per heavy atom. The van der Waals surface area contributed by atoms with E-state index in [1.54, 1.807) is 0 Å². The normalized spacial score (nSPS) is 10.6. The summed E-state index contributed by atoms with van der Waals surface area (Å²) in [5, 5.41) is 8.48. The van der Waals surface area contributed by atoms with Crippen molar-refractivity contribution in [2.75, 3.05) is 0 Å². The first-order chi connectivity index (χ1) is 7.40. The van der Waals surface area contributed by atoms with E-state index in [1.807, 2.05) is 0 Å². The van der Waals surface area contributed by atoms with Gasteiger partial charge in [-0.15, -0.1) is 0 Å². The van der Waals surface area contributed by atoms with Gasteiger partial charge in [0.25, 0.3) is 0 Å². The van der Waals surface area contributed by atoms with Gasteiger partial charge >= 0.3 is 12.6 Å². The van der Waals surface area contributed by atoms with E-state index < -0.39 is 30.6 Å². The second-order valence-electron chi connectivity index (χ2n) is 2.84. The summed E-state index contributed by atoms with van der Waals surface area (Å²) in [5.41, 5.74) is 0.0452. The Hall–Kier alpha value is -1.24. The molecule has 1 aromatic rings. The average molecular weight is 299 g/mol. The Labute approximate surface area is 97.0 Å². The fraction of sp³-hybridized carbons (Fsp3) is 0.222. The summed E-state index contributed by atoms with van der Waals surface area (Å²) in [4.78, 5) is 10.4. The van der Waals surface area contributed by atoms with Gasteiger partial charge in [0.15, 0.2) is 0 Å². The molecule has 88 valence electrons. The lowest BCUT2D eigenvalue weighted by atomic mass is 10.1. The third-order valence-corrected chi connectivity index (χ3v) is 2.40. The molecule has 16 heavy (non-hydrogen) atoms. The molecule has 0 saturated carbocycles. The molecule has 3 nitrogen and oxygen atoms in total. The quantitative estimate of drug-likeness (QED) is 0.930. The van der Waals surface area contributed by atoms with Gasteiger partial charge in [-0.25, -0.2) is 4.39 Å². The number of rotatable bonds is 4. The molecule has 1 aromatic carbocycles. The number of carbonyl (C=O) groups is 1. The fourth-order valence-corrected chi connectivity index (χ4v) is 1.40. The molecule has 0 spiro atoms. The van der Waals surface area contributed by atoms with Gasteiger partial charge in [-0.05, 0) is 33.6 Å². The molecule has 1 rings (SSSR count). The maximum absolute atomic E-state index is 13.2. The molecule has 0 bridgehead atoms. The zero-order chi connectivity index (χ0) is 12.3. The highest BCUT2D eigenvalue weighted by atomic mass is 79.9. The van der Waals surface area contributed by atoms with E-state index >= 15 is 0 Å². The van der Waals surface area contributed by atoms with E-state index in [-0.39, 0.29) is 10.0 Å². The molecule has 0 unspecified atom stereocenters. The molecule has 0 amide bonds. The first-order valence-electron chi connectivity index (χ1n) is 4.04. The molecule has 0 fully saturated rings. The van der Waals surface area contributed by atoms with Gasteiger partial charge in [0.1, 0.15) is 11.6 Å². The van der Waals surface area contributed by atoms with Crippen LogP contribution in [0.2, 0.25) is 0 Å². The van der Waals surface area contributed by atoms with Crippen LogP contribution in [-0.4, -0.2) is 17.7 Å². The van der Waals surface area contributed by atoms with Crippen molar-refractivity contribution >= 4 is 21.9 Å². The third-order valence-electron chi connectivity index (χ3n) is 1.63. The zero-order valence-corrected chi connectivity index (χ0v) is 9.30. The summed E-state index contributed by atoms with van der Waals surface area (Å²) in [5.74, 6) is -2.47. The van der Waals surface area contributed by atoms with E-state index in [0.29, 0.717) is 0 Å². The number of benzene rings is 1. The lowest BCUT2D eigenvalue weighted by Gasteiger charge is -2.09. The summed E-state index contributed by atoms with van der Waals surface area (Å²) in [6, 6.07) is 1.99. The van der Waals surface area contributed by atoms with Gasteiger partial charge in [-0.3, -0.25) is 4.79 Å². The predicted molar refractivity (Wildman–Crippen MR) is 52.1 cm³/mol. The third kappa shape index (κ3) is 3.41. The standard InChI is InChI=1S/C9H6BrF3O3/c10-8-5(11)1-4(3-7(14)15)2-6(8)16-9(12)13/h1-2,9H,3H2,(H,14,15). The molecular formula is C9H6BrF3O3. The molecule has 0 heterocycles. The molecule has 0 aliphatic carbocycles. The summed E-state index contributed by atoms with van der Waals surface area (Å²) < 4.78 is 40.8. The molecule has 1 N–H and O–H groups in total. The lowest BCUT2D eigenvalue weighted by molar-refractivity contribution is -0.136. The smallest absolute Gasteiger partial charge is 0.387 e. The van der Waals surface area contributed by atoms with Crippen molar-refractivity contribution in [3.63, 3.8) is 0 Å². The van der Waals surface area contributed by atoms with Crippen LogP contribution in [0.3, 0.4) is 0 Å². The minimum absolute atomic E-state index is 0.0452. The molecule has 0 atom stereocenters. The van der Waals surface area contributed by atoms with Crippen LogP contribution < -0.4 is 4.74 Å². The van der Waals surface area contributed by atoms with Crippen LogP contribution in [-0.2, 0) is 11.2 Å². The number of aliphatic carboxylic acids is 1. The predicted octanol–water partition coefficient (Wildman–Crippen LogP) is 2.82. The van der Waals surface area contributed by atoms with Crippen LogP contribution in [0.5, 0.6) is 5.75 Å². The van der Waals surface area contributed by atoms with Crippen molar-refractivity contribution in [3.05, 3.63) is 28.0 Å². The molecule has 0 aliphatic heterocycles. The average Bonchev–Trinajstić information content (AvgIpc) is 2.11. The summed E-state index contributed by atoms with van der Waals surface area (Å²) in [7, 11) is 0. The van der Waals surface area contributed by atoms with Crippen molar-refractivity contribution in [1.82, 2.24) is 0 Å². The van der Waals surface area contributed by atoms with E-state index in [0.717, 1.165) is 12.1 Å². The van der Waals surface area contributed by atoms with Crippen LogP contribution in [0.1, 0.15) is 5.56 Å². The number of carboxylic acids is 1. The minimum Gasteiger partial charge on any atom is -0.481 e. The second kappa shape index (κ2) is 5.20. The maximum Gasteiger partial charge on any atom is 0.387 e. The SMILES string of the molecule is O=C(O)Cc1cc(F)c(Br)c(OC(F)F)c1. The monoisotopic (exact) mass is 298 g/mol. The van der Waals surface area contributed by atoms with Crippen molar-refractivity contribution in [2.45, 2.75) is 13.0 Å². The van der Waals surface area contributed by atoms with E-state index in [4.69, 9.17) is 5.11 Å². The van der Waals surface area contributed by atoms with Crippen molar-refractivity contribution in [1.29, 1.82) is 0 Å². The Balaban J connectivity index is 3.06. The van der Waals surface area contributed by atoms with Crippen LogP contribution >= 0.6 is 15.9 Å². The Morgan fingerprint density at radius 1 is 1.50 bits per heavy atom. The topological polar surface area (TPSA) is 46.5 Å². The number of alkyl halides is 2. The van der Waals surface area contributed by atoms with Crippen molar-refractivity contribution in [3.8, 4) is 5.75 Å². The minimum atomic E-state index is -3.10. The summed E-state index contributed by atoms with van der Waals surface area (Å²) in [6.45, 7) is -3.10. The van der Waals surface area contributed by atoms with Gasteiger partial charge in [0.2, 0.25) is 0 Å². The number of hydrogen-bond donors (Lipinski definition) is 1. The molecule has 0 aromatic heterocycles. The second-order valence-corrected chi connectivity index (χ2v) is 3.63. The van der Waals surface area contributed by atoms with Crippen LogP contribution in [0.4, 0.5) is 13.2 Å². The number of hydrogen-bond acceptors (Lipinski definition) is 2. The highest BCUT2D eigenvalue weighted by Crippen LogP contribution is 2.30. The van der Waals surface area contributed by atoms with Gasteiger partial charge in [-0.1, -0.05) is 0 Å². The zero-order valence-electron chi connectivity index (χ0n) is 7.71. The number of carboxylic acid groups (broad SMARTS) is 1. The van der Waals surface area contributed by atoms with Crippen LogP contribution in [0.25, 0.3) is 0 Å². The van der Waals surface area contributed by atoms with E-state index in [9.17, 15) is 18.0 Å². The molecule has 0 aliphatic rings. The maximum atomic E-state index is 13.2. The summed E-state index contributed by atoms with van der Waals surface area (Å²) >= 11 is 2.73. The van der Waals surface area contributed by atoms with Crippen LogP contribution in [0.15, 0.2) is 16.6 Å². The van der Waals surface area contributed by atoms with Crippen LogP contribution in [0, 0.1) is 5.82 Å². The van der Waals surface area contributed by atoms with Gasteiger partial charge in [-0.2, -0.15) is 8.78 Å². The van der Waals surface area contributed by atoms with Crippen molar-refractivity contribution < 1.29 is 27.8 Å². The molecule has 0 radical (unpaired) electrons. The Morgan fingerprint density at radius 2 is 2.12 bits per heavy atom. The highest BCUT2D eigenvalue weighted by molar-refractivity contribution is 9.10. The first kappa shape index (κ1) is 12.8. The largest absolute Gasteiger partial charge is 0.481 e. The Bertz CT molecular complexity index is 409. The van der Waals surface area contributed by atoms with Crippen molar-refractivity contribution in [2.24, 2.45) is 0 Å². The highest BCUT2D eigenvalue weighted by Gasteiger charge is 2.14. The molecular weight excluding hydrogens is 293 g/mol. The van der Waals surface area contributed by atoms with Gasteiger partial charge < -0.3 is 9.84 Å².